The number of aldehydes is 1. The Hall–Kier alpha value is -1.78. The molecular formula is C12H12BN3O4S2. The van der Waals surface area contributed by atoms with E-state index in [1.165, 1.54) is 30.4 Å². The number of fused-ring (bicyclic) bond motifs is 1. The summed E-state index contributed by atoms with van der Waals surface area (Å²) >= 11 is 2.53. The van der Waals surface area contributed by atoms with Gasteiger partial charge in [0, 0.05) is 0 Å². The number of aromatic nitrogens is 2. The highest BCUT2D eigenvalue weighted by Crippen LogP contribution is 2.39. The van der Waals surface area contributed by atoms with Crippen LogP contribution in [0.5, 0.6) is 11.5 Å². The minimum Gasteiger partial charge on any atom is -0.535 e. The fourth-order valence-electron chi connectivity index (χ4n) is 2.23. The molecule has 0 aliphatic carbocycles. The first-order valence-corrected chi connectivity index (χ1v) is 8.03. The van der Waals surface area contributed by atoms with Crippen molar-refractivity contribution < 1.29 is 19.2 Å². The topological polar surface area (TPSA) is 108 Å². The van der Waals surface area contributed by atoms with Crippen molar-refractivity contribution in [2.24, 2.45) is 0 Å². The number of nitrogens with zero attached hydrogens (tertiary/aromatic N) is 2. The lowest BCUT2D eigenvalue weighted by atomic mass is 9.77. The largest absolute Gasteiger partial charge is 0.537 e. The molecule has 3 rings (SSSR count). The van der Waals surface area contributed by atoms with E-state index in [2.05, 4.69) is 9.36 Å². The number of carbonyl (C=O) groups excluding carboxylic acids is 1. The zero-order chi connectivity index (χ0) is 15.7. The van der Waals surface area contributed by atoms with Crippen molar-refractivity contribution in [2.45, 2.75) is 15.9 Å². The Morgan fingerprint density at radius 1 is 1.64 bits per heavy atom. The first-order valence-electron chi connectivity index (χ1n) is 6.38. The quantitative estimate of drug-likeness (QED) is 0.630. The van der Waals surface area contributed by atoms with Crippen molar-refractivity contribution >= 4 is 42.6 Å². The smallest absolute Gasteiger partial charge is 0.535 e. The van der Waals surface area contributed by atoms with E-state index in [9.17, 15) is 9.82 Å². The predicted molar refractivity (Wildman–Crippen MR) is 84.7 cm³/mol. The van der Waals surface area contributed by atoms with Gasteiger partial charge in [-0.05, 0) is 29.6 Å². The van der Waals surface area contributed by atoms with Crippen molar-refractivity contribution in [3.05, 3.63) is 23.3 Å². The monoisotopic (exact) mass is 337 g/mol. The van der Waals surface area contributed by atoms with Crippen LogP contribution in [0.4, 0.5) is 5.95 Å². The van der Waals surface area contributed by atoms with Crippen LogP contribution in [0.25, 0.3) is 0 Å². The molecule has 22 heavy (non-hydrogen) atoms. The number of methoxy groups -OCH3 is 1. The number of hydrogen-bond acceptors (Lipinski definition) is 9. The Labute approximate surface area is 135 Å². The lowest BCUT2D eigenvalue weighted by molar-refractivity contribution is 0.111. The molecular weight excluding hydrogens is 325 g/mol. The van der Waals surface area contributed by atoms with E-state index in [1.807, 2.05) is 6.07 Å². The van der Waals surface area contributed by atoms with Crippen molar-refractivity contribution in [3.63, 3.8) is 0 Å². The summed E-state index contributed by atoms with van der Waals surface area (Å²) in [6.07, 6.45) is 1.20. The molecule has 2 aromatic rings. The van der Waals surface area contributed by atoms with Crippen LogP contribution in [0.15, 0.2) is 16.5 Å². The van der Waals surface area contributed by atoms with E-state index >= 15 is 0 Å². The molecule has 0 spiro atoms. The molecule has 0 bridgehead atoms. The van der Waals surface area contributed by atoms with E-state index in [0.717, 1.165) is 5.56 Å². The van der Waals surface area contributed by atoms with Crippen molar-refractivity contribution in [1.29, 1.82) is 0 Å². The number of hydrogen-bond donors (Lipinski definition) is 2. The summed E-state index contributed by atoms with van der Waals surface area (Å²) < 4.78 is 15.2. The SMILES string of the molecule is COc1ccc2c(c1C=O)OB(O)C(Sc1nc(N)ns1)C2. The zero-order valence-electron chi connectivity index (χ0n) is 11.6. The van der Waals surface area contributed by atoms with Gasteiger partial charge >= 0.3 is 7.12 Å². The minimum absolute atomic E-state index is 0.215. The fourth-order valence-corrected chi connectivity index (χ4v) is 4.07. The molecule has 2 heterocycles. The molecule has 3 N–H and O–H groups in total. The third kappa shape index (κ3) is 2.76. The molecule has 1 aliphatic heterocycles. The van der Waals surface area contributed by atoms with Crippen molar-refractivity contribution in [1.82, 2.24) is 9.36 Å². The highest BCUT2D eigenvalue weighted by Gasteiger charge is 2.38. The van der Waals surface area contributed by atoms with Gasteiger partial charge in [0.05, 0.1) is 17.8 Å². The van der Waals surface area contributed by atoms with Crippen LogP contribution < -0.4 is 15.1 Å². The van der Waals surface area contributed by atoms with Crippen LogP contribution in [0, 0.1) is 0 Å². The van der Waals surface area contributed by atoms with Crippen molar-refractivity contribution in [2.75, 3.05) is 12.8 Å². The summed E-state index contributed by atoms with van der Waals surface area (Å²) in [6.45, 7) is 0. The molecule has 1 unspecified atom stereocenters. The molecule has 1 atom stereocenters. The molecule has 0 radical (unpaired) electrons. The van der Waals surface area contributed by atoms with Gasteiger partial charge in [-0.15, -0.1) is 0 Å². The Bertz CT molecular complexity index is 712. The summed E-state index contributed by atoms with van der Waals surface area (Å²) in [4.78, 5) is 15.3. The van der Waals surface area contributed by atoms with Gasteiger partial charge in [-0.3, -0.25) is 4.79 Å². The second-order valence-corrected chi connectivity index (χ2v) is 6.81. The number of nitrogens with two attached hydrogens (primary N) is 1. The van der Waals surface area contributed by atoms with Crippen LogP contribution in [0.2, 0.25) is 0 Å². The van der Waals surface area contributed by atoms with Gasteiger partial charge in [0.25, 0.3) is 0 Å². The molecule has 0 amide bonds. The molecule has 0 saturated heterocycles. The number of ether oxygens (including phenoxy) is 1. The lowest BCUT2D eigenvalue weighted by Crippen LogP contribution is -2.40. The van der Waals surface area contributed by atoms with Crippen LogP contribution in [-0.2, 0) is 6.42 Å². The maximum Gasteiger partial charge on any atom is 0.537 e. The van der Waals surface area contributed by atoms with Crippen LogP contribution >= 0.6 is 23.3 Å². The predicted octanol–water partition coefficient (Wildman–Crippen LogP) is 1.06. The van der Waals surface area contributed by atoms with Gasteiger partial charge in [0.1, 0.15) is 11.5 Å². The number of benzene rings is 1. The van der Waals surface area contributed by atoms with Crippen LogP contribution in [0.1, 0.15) is 15.9 Å². The maximum atomic E-state index is 11.3. The Morgan fingerprint density at radius 2 is 2.45 bits per heavy atom. The van der Waals surface area contributed by atoms with E-state index in [-0.39, 0.29) is 11.1 Å². The van der Waals surface area contributed by atoms with Gasteiger partial charge in [-0.2, -0.15) is 9.36 Å². The normalized spacial score (nSPS) is 16.8. The molecule has 0 saturated carbocycles. The standard InChI is InChI=1S/C12H12BN3O4S2/c1-19-8-3-2-6-4-9(21-12-15-11(14)16-22-12)13(18)20-10(6)7(8)5-17/h2-3,5,9,18H,4H2,1H3,(H2,14,16). The average molecular weight is 337 g/mol. The Balaban J connectivity index is 1.87. The molecule has 0 fully saturated rings. The Kier molecular flexibility index (Phi) is 4.23. The number of carbonyl (C=O) groups is 1. The van der Waals surface area contributed by atoms with Gasteiger partial charge in [-0.25, -0.2) is 0 Å². The van der Waals surface area contributed by atoms with E-state index in [1.54, 1.807) is 6.07 Å². The number of thioether (sulfide) groups is 1. The second kappa shape index (κ2) is 6.15. The van der Waals surface area contributed by atoms with Crippen molar-refractivity contribution in [3.8, 4) is 11.5 Å². The summed E-state index contributed by atoms with van der Waals surface area (Å²) in [6, 6.07) is 3.54. The molecule has 7 nitrogen and oxygen atoms in total. The summed E-state index contributed by atoms with van der Waals surface area (Å²) in [5.74, 6) is 1.01. The number of anilines is 1. The molecule has 114 valence electrons. The third-order valence-electron chi connectivity index (χ3n) is 3.23. The molecule has 10 heteroatoms. The highest BCUT2D eigenvalue weighted by molar-refractivity contribution is 8.02. The van der Waals surface area contributed by atoms with Gasteiger partial charge in [0.2, 0.25) is 5.95 Å². The zero-order valence-corrected chi connectivity index (χ0v) is 13.2. The van der Waals surface area contributed by atoms with E-state index in [4.69, 9.17) is 15.1 Å². The van der Waals surface area contributed by atoms with Gasteiger partial charge in [-0.1, -0.05) is 17.8 Å². The lowest BCUT2D eigenvalue weighted by Gasteiger charge is -2.27. The summed E-state index contributed by atoms with van der Waals surface area (Å²) in [5.41, 5.74) is 6.64. The second-order valence-electron chi connectivity index (χ2n) is 4.57. The minimum atomic E-state index is -1.06. The fraction of sp³-hybridized carbons (Fsp3) is 0.250. The summed E-state index contributed by atoms with van der Waals surface area (Å²) in [7, 11) is 0.417. The number of nitrogen functional groups attached to an aromatic ring is 1. The maximum absolute atomic E-state index is 11.3. The molecule has 1 aromatic heterocycles. The summed E-state index contributed by atoms with van der Waals surface area (Å²) in [5, 5.41) is 9.94. The van der Waals surface area contributed by atoms with E-state index in [0.29, 0.717) is 34.1 Å². The first kappa shape index (κ1) is 15.1. The average Bonchev–Trinajstić information content (AvgIpc) is 2.92. The third-order valence-corrected chi connectivity index (χ3v) is 5.26. The van der Waals surface area contributed by atoms with Crippen LogP contribution in [0.3, 0.4) is 0 Å². The number of rotatable bonds is 4. The highest BCUT2D eigenvalue weighted by atomic mass is 32.2. The van der Waals surface area contributed by atoms with Crippen LogP contribution in [-0.4, -0.2) is 40.0 Å². The first-order chi connectivity index (χ1) is 10.6. The van der Waals surface area contributed by atoms with Gasteiger partial charge in [0.15, 0.2) is 10.6 Å². The molecule has 1 aliphatic rings. The Morgan fingerprint density at radius 3 is 3.09 bits per heavy atom. The molecule has 1 aromatic carbocycles. The van der Waals surface area contributed by atoms with E-state index < -0.39 is 7.12 Å². The van der Waals surface area contributed by atoms with Gasteiger partial charge < -0.3 is 20.1 Å².